The lowest BCUT2D eigenvalue weighted by Gasteiger charge is -2.14. The van der Waals surface area contributed by atoms with E-state index in [2.05, 4.69) is 5.92 Å². The normalized spacial score (nSPS) is 12.6. The van der Waals surface area contributed by atoms with Crippen molar-refractivity contribution >= 4 is 5.97 Å². The maximum Gasteiger partial charge on any atom is 0.324 e. The number of carboxylic acid groups (broad SMARTS) is 1. The molecule has 4 nitrogen and oxygen atoms in total. The summed E-state index contributed by atoms with van der Waals surface area (Å²) in [6, 6.07) is -0.995. The van der Waals surface area contributed by atoms with Crippen LogP contribution < -0.4 is 0 Å². The van der Waals surface area contributed by atoms with E-state index in [0.717, 1.165) is 0 Å². The summed E-state index contributed by atoms with van der Waals surface area (Å²) in [5, 5.41) is 17.6. The summed E-state index contributed by atoms with van der Waals surface area (Å²) in [5.41, 5.74) is 0. The van der Waals surface area contributed by atoms with Crippen LogP contribution in [0, 0.1) is 12.3 Å². The predicted octanol–water partition coefficient (Wildman–Crippen LogP) is -0.216. The van der Waals surface area contributed by atoms with E-state index in [-0.39, 0.29) is 6.42 Å². The number of hydrogen-bond donors (Lipinski definition) is 2. The van der Waals surface area contributed by atoms with Crippen molar-refractivity contribution in [2.75, 3.05) is 7.05 Å². The molecule has 0 aromatic rings. The molecule has 10 heavy (non-hydrogen) atoms. The van der Waals surface area contributed by atoms with Gasteiger partial charge in [-0.1, -0.05) is 0 Å². The van der Waals surface area contributed by atoms with E-state index in [4.69, 9.17) is 16.7 Å². The molecule has 0 radical (unpaired) electrons. The first-order chi connectivity index (χ1) is 4.59. The number of hydrogen-bond acceptors (Lipinski definition) is 3. The van der Waals surface area contributed by atoms with Crippen molar-refractivity contribution in [2.24, 2.45) is 0 Å². The number of carbonyl (C=O) groups is 1. The van der Waals surface area contributed by atoms with Crippen molar-refractivity contribution < 1.29 is 15.1 Å². The zero-order chi connectivity index (χ0) is 8.15. The van der Waals surface area contributed by atoms with Crippen molar-refractivity contribution in [3.8, 4) is 12.3 Å². The van der Waals surface area contributed by atoms with E-state index in [1.807, 2.05) is 0 Å². The smallest absolute Gasteiger partial charge is 0.324 e. The van der Waals surface area contributed by atoms with Gasteiger partial charge in [0.15, 0.2) is 0 Å². The molecule has 0 rings (SSSR count). The Morgan fingerprint density at radius 2 is 2.40 bits per heavy atom. The van der Waals surface area contributed by atoms with E-state index >= 15 is 0 Å². The number of terminal acetylenes is 1. The summed E-state index contributed by atoms with van der Waals surface area (Å²) in [6.07, 6.45) is 4.86. The molecule has 4 heteroatoms. The number of likely N-dealkylation sites (N-methyl/N-ethyl adjacent to an activating group) is 1. The molecule has 0 spiro atoms. The van der Waals surface area contributed by atoms with Gasteiger partial charge < -0.3 is 10.3 Å². The van der Waals surface area contributed by atoms with Crippen LogP contribution in [0.5, 0.6) is 0 Å². The van der Waals surface area contributed by atoms with Crippen LogP contribution in [0.15, 0.2) is 0 Å². The van der Waals surface area contributed by atoms with Gasteiger partial charge in [0.1, 0.15) is 6.04 Å². The highest BCUT2D eigenvalue weighted by molar-refractivity contribution is 5.73. The number of hydroxylamine groups is 2. The van der Waals surface area contributed by atoms with E-state index in [1.54, 1.807) is 0 Å². The molecule has 0 aliphatic rings. The minimum absolute atomic E-state index is 0.00231. The van der Waals surface area contributed by atoms with Crippen molar-refractivity contribution in [3.63, 3.8) is 0 Å². The van der Waals surface area contributed by atoms with E-state index in [1.165, 1.54) is 7.05 Å². The molecule has 0 heterocycles. The average Bonchev–Trinajstić information content (AvgIpc) is 1.81. The molecule has 0 aromatic carbocycles. The monoisotopic (exact) mass is 143 g/mol. The summed E-state index contributed by atoms with van der Waals surface area (Å²) in [6.45, 7) is 0. The number of nitrogens with zero attached hydrogens (tertiary/aromatic N) is 1. The van der Waals surface area contributed by atoms with Crippen LogP contribution in [0.4, 0.5) is 0 Å². The maximum absolute atomic E-state index is 10.2. The highest BCUT2D eigenvalue weighted by Gasteiger charge is 2.19. The van der Waals surface area contributed by atoms with Gasteiger partial charge in [-0.2, -0.15) is 5.06 Å². The second-order valence-corrected chi connectivity index (χ2v) is 1.84. The Labute approximate surface area is 59.0 Å². The molecule has 2 N–H and O–H groups in total. The fraction of sp³-hybridized carbons (Fsp3) is 0.500. The Balaban J connectivity index is 4.01. The molecule has 0 saturated carbocycles. The van der Waals surface area contributed by atoms with E-state index < -0.39 is 12.0 Å². The average molecular weight is 143 g/mol. The first kappa shape index (κ1) is 8.95. The van der Waals surface area contributed by atoms with Crippen molar-refractivity contribution in [1.82, 2.24) is 5.06 Å². The Bertz CT molecular complexity index is 159. The van der Waals surface area contributed by atoms with Crippen LogP contribution in [0.1, 0.15) is 6.42 Å². The maximum atomic E-state index is 10.2. The summed E-state index contributed by atoms with van der Waals surface area (Å²) < 4.78 is 0. The largest absolute Gasteiger partial charge is 0.480 e. The van der Waals surface area contributed by atoms with E-state index in [0.29, 0.717) is 5.06 Å². The minimum atomic E-state index is -1.12. The Hall–Kier alpha value is -1.05. The van der Waals surface area contributed by atoms with Gasteiger partial charge in [0.25, 0.3) is 0 Å². The second kappa shape index (κ2) is 3.88. The van der Waals surface area contributed by atoms with Gasteiger partial charge in [0, 0.05) is 13.5 Å². The summed E-state index contributed by atoms with van der Waals surface area (Å²) in [4.78, 5) is 10.2. The molecule has 0 amide bonds. The lowest BCUT2D eigenvalue weighted by atomic mass is 10.2. The SMILES string of the molecule is C#CCC(C(=O)O)N(C)O. The van der Waals surface area contributed by atoms with Gasteiger partial charge in [-0.3, -0.25) is 4.79 Å². The van der Waals surface area contributed by atoms with Crippen molar-refractivity contribution in [3.05, 3.63) is 0 Å². The van der Waals surface area contributed by atoms with Crippen LogP contribution in [-0.2, 0) is 4.79 Å². The lowest BCUT2D eigenvalue weighted by Crippen LogP contribution is -2.35. The fourth-order valence-electron chi connectivity index (χ4n) is 0.491. The van der Waals surface area contributed by atoms with Crippen molar-refractivity contribution in [1.29, 1.82) is 0 Å². The molecule has 0 fully saturated rings. The van der Waals surface area contributed by atoms with Crippen LogP contribution in [0.25, 0.3) is 0 Å². The predicted molar refractivity (Wildman–Crippen MR) is 34.4 cm³/mol. The molecule has 0 bridgehead atoms. The highest BCUT2D eigenvalue weighted by atomic mass is 16.5. The van der Waals surface area contributed by atoms with Crippen LogP contribution in [0.2, 0.25) is 0 Å². The minimum Gasteiger partial charge on any atom is -0.480 e. The molecular weight excluding hydrogens is 134 g/mol. The molecule has 56 valence electrons. The summed E-state index contributed by atoms with van der Waals surface area (Å²) in [5.74, 6) is 1.03. The number of carboxylic acids is 1. The molecule has 0 aliphatic carbocycles. The highest BCUT2D eigenvalue weighted by Crippen LogP contribution is 1.97. The Morgan fingerprint density at radius 3 is 2.50 bits per heavy atom. The molecule has 0 aromatic heterocycles. The Morgan fingerprint density at radius 1 is 1.90 bits per heavy atom. The van der Waals surface area contributed by atoms with Gasteiger partial charge in [0.05, 0.1) is 0 Å². The van der Waals surface area contributed by atoms with Gasteiger partial charge in [0.2, 0.25) is 0 Å². The fourth-order valence-corrected chi connectivity index (χ4v) is 0.491. The molecule has 0 aliphatic heterocycles. The first-order valence-corrected chi connectivity index (χ1v) is 2.67. The van der Waals surface area contributed by atoms with Crippen LogP contribution in [0.3, 0.4) is 0 Å². The van der Waals surface area contributed by atoms with Gasteiger partial charge in [-0.25, -0.2) is 0 Å². The zero-order valence-corrected chi connectivity index (χ0v) is 5.61. The van der Waals surface area contributed by atoms with E-state index in [9.17, 15) is 4.79 Å². The second-order valence-electron chi connectivity index (χ2n) is 1.84. The third-order valence-electron chi connectivity index (χ3n) is 1.05. The van der Waals surface area contributed by atoms with Gasteiger partial charge in [-0.05, 0) is 0 Å². The summed E-state index contributed by atoms with van der Waals surface area (Å²) in [7, 11) is 1.25. The van der Waals surface area contributed by atoms with Gasteiger partial charge >= 0.3 is 5.97 Å². The number of aliphatic carboxylic acids is 1. The topological polar surface area (TPSA) is 60.8 Å². The molecular formula is C6H9NO3. The third-order valence-corrected chi connectivity index (χ3v) is 1.05. The quantitative estimate of drug-likeness (QED) is 0.423. The standard InChI is InChI=1S/C6H9NO3/c1-3-4-5(6(8)9)7(2)10/h1,5,10H,4H2,2H3,(H,8,9). The Kier molecular flexibility index (Phi) is 3.47. The lowest BCUT2D eigenvalue weighted by molar-refractivity contribution is -0.161. The first-order valence-electron chi connectivity index (χ1n) is 2.67. The molecule has 1 atom stereocenters. The number of rotatable bonds is 3. The van der Waals surface area contributed by atoms with Crippen LogP contribution >= 0.6 is 0 Å². The van der Waals surface area contributed by atoms with Gasteiger partial charge in [-0.15, -0.1) is 12.3 Å². The van der Waals surface area contributed by atoms with Crippen LogP contribution in [-0.4, -0.2) is 34.4 Å². The molecule has 0 saturated heterocycles. The zero-order valence-electron chi connectivity index (χ0n) is 5.61. The molecule has 1 unspecified atom stereocenters. The summed E-state index contributed by atoms with van der Waals surface area (Å²) >= 11 is 0. The third kappa shape index (κ3) is 2.49. The van der Waals surface area contributed by atoms with Crippen molar-refractivity contribution in [2.45, 2.75) is 12.5 Å².